The minimum absolute atomic E-state index is 0.140. The molecule has 2 aromatic rings. The van der Waals surface area contributed by atoms with Gasteiger partial charge in [0.1, 0.15) is 22.7 Å². The highest BCUT2D eigenvalue weighted by Crippen LogP contribution is 2.44. The van der Waals surface area contributed by atoms with Crippen molar-refractivity contribution in [1.82, 2.24) is 10.5 Å². The van der Waals surface area contributed by atoms with E-state index in [2.05, 4.69) is 31.2 Å². The van der Waals surface area contributed by atoms with Gasteiger partial charge in [-0.25, -0.2) is 4.79 Å². The van der Waals surface area contributed by atoms with Crippen LogP contribution < -0.4 is 16.0 Å². The zero-order valence-electron chi connectivity index (χ0n) is 17.5. The highest BCUT2D eigenvalue weighted by Gasteiger charge is 2.43. The van der Waals surface area contributed by atoms with Crippen LogP contribution in [0.3, 0.4) is 0 Å². The van der Waals surface area contributed by atoms with Gasteiger partial charge < -0.3 is 10.5 Å². The number of pyridine rings is 1. The molecule has 1 saturated carbocycles. The number of nitrogens with two attached hydrogens (primary N) is 1. The number of hydrogen-bond acceptors (Lipinski definition) is 6. The van der Waals surface area contributed by atoms with Crippen molar-refractivity contribution < 1.29 is 19.2 Å². The molecular formula is C23H27N3O4. The second-order valence-corrected chi connectivity index (χ2v) is 9.23. The van der Waals surface area contributed by atoms with E-state index < -0.39 is 17.5 Å². The predicted molar refractivity (Wildman–Crippen MR) is 112 cm³/mol. The first-order chi connectivity index (χ1) is 14.2. The Kier molecular flexibility index (Phi) is 5.02. The van der Waals surface area contributed by atoms with E-state index in [1.54, 1.807) is 24.3 Å². The van der Waals surface area contributed by atoms with Crippen molar-refractivity contribution >= 4 is 22.6 Å². The monoisotopic (exact) mass is 409 g/mol. The highest BCUT2D eigenvalue weighted by molar-refractivity contribution is 6.06. The van der Waals surface area contributed by atoms with Gasteiger partial charge in [0.2, 0.25) is 0 Å². The van der Waals surface area contributed by atoms with Gasteiger partial charge in [-0.15, -0.1) is 0 Å². The second kappa shape index (κ2) is 7.40. The first-order valence-electron chi connectivity index (χ1n) is 10.3. The number of hydrogen-bond donors (Lipinski definition) is 2. The van der Waals surface area contributed by atoms with E-state index >= 15 is 0 Å². The molecule has 2 aliphatic rings. The number of hydroxylamine groups is 1. The largest absolute Gasteiger partial charge is 0.421 e. The van der Waals surface area contributed by atoms with Crippen LogP contribution in [0.25, 0.3) is 10.8 Å². The molecule has 7 nitrogen and oxygen atoms in total. The lowest BCUT2D eigenvalue weighted by Gasteiger charge is -2.40. The molecule has 2 heterocycles. The van der Waals surface area contributed by atoms with Crippen molar-refractivity contribution in [2.45, 2.75) is 52.1 Å². The number of amides is 1. The number of rotatable bonds is 3. The second-order valence-electron chi connectivity index (χ2n) is 9.23. The van der Waals surface area contributed by atoms with E-state index in [9.17, 15) is 9.59 Å². The third kappa shape index (κ3) is 3.77. The first-order valence-corrected chi connectivity index (χ1v) is 10.3. The molecule has 1 aliphatic carbocycles. The van der Waals surface area contributed by atoms with Crippen LogP contribution in [0.2, 0.25) is 0 Å². The number of benzene rings is 1. The predicted octanol–water partition coefficient (Wildman–Crippen LogP) is 3.63. The van der Waals surface area contributed by atoms with Crippen molar-refractivity contribution in [3.63, 3.8) is 0 Å². The van der Waals surface area contributed by atoms with E-state index in [0.717, 1.165) is 25.7 Å². The van der Waals surface area contributed by atoms with E-state index in [-0.39, 0.29) is 11.1 Å². The van der Waals surface area contributed by atoms with Gasteiger partial charge in [-0.1, -0.05) is 32.9 Å². The molecule has 1 aromatic heterocycles. The summed E-state index contributed by atoms with van der Waals surface area (Å²) < 4.78 is 5.63. The zero-order valence-corrected chi connectivity index (χ0v) is 17.5. The molecular weight excluding hydrogens is 382 g/mol. The maximum atomic E-state index is 12.8. The molecule has 1 aromatic carbocycles. The van der Waals surface area contributed by atoms with Crippen LogP contribution in [0.15, 0.2) is 42.2 Å². The number of nitrogens with one attached hydrogen (secondary N) is 1. The van der Waals surface area contributed by atoms with Gasteiger partial charge >= 0.3 is 5.97 Å². The average Bonchev–Trinajstić information content (AvgIpc) is 3.11. The molecule has 0 radical (unpaired) electrons. The van der Waals surface area contributed by atoms with Gasteiger partial charge in [0.15, 0.2) is 0 Å². The van der Waals surface area contributed by atoms with Crippen LogP contribution in [0.1, 0.15) is 56.9 Å². The minimum atomic E-state index is -0.634. The van der Waals surface area contributed by atoms with Gasteiger partial charge in [0.25, 0.3) is 5.91 Å². The van der Waals surface area contributed by atoms with E-state index in [4.69, 9.17) is 15.3 Å². The Morgan fingerprint density at radius 2 is 1.93 bits per heavy atom. The van der Waals surface area contributed by atoms with Crippen molar-refractivity contribution in [3.05, 3.63) is 47.9 Å². The smallest absolute Gasteiger partial charge is 0.361 e. The molecule has 0 unspecified atom stereocenters. The summed E-state index contributed by atoms with van der Waals surface area (Å²) in [4.78, 5) is 34.3. The SMILES string of the molecule is CC(C)(C)C1CCC2(C=C(C(=O)Oc3cccc4c(C(N)=O)nccc34)NO2)CC1. The highest BCUT2D eigenvalue weighted by atomic mass is 16.7. The molecule has 0 atom stereocenters. The molecule has 3 N–H and O–H groups in total. The zero-order chi connectivity index (χ0) is 21.5. The Balaban J connectivity index is 1.52. The molecule has 4 rings (SSSR count). The maximum absolute atomic E-state index is 12.8. The molecule has 0 saturated heterocycles. The summed E-state index contributed by atoms with van der Waals surface area (Å²) in [6.45, 7) is 6.81. The molecule has 1 fully saturated rings. The number of primary amides is 1. The van der Waals surface area contributed by atoms with Crippen molar-refractivity contribution in [3.8, 4) is 5.75 Å². The fourth-order valence-electron chi connectivity index (χ4n) is 4.42. The summed E-state index contributed by atoms with van der Waals surface area (Å²) in [5.74, 6) is -0.192. The lowest BCUT2D eigenvalue weighted by molar-refractivity contribution is -0.132. The Morgan fingerprint density at radius 3 is 2.60 bits per heavy atom. The Labute approximate surface area is 175 Å². The molecule has 1 spiro atoms. The van der Waals surface area contributed by atoms with Crippen LogP contribution in [-0.4, -0.2) is 22.5 Å². The number of ether oxygens (including phenoxy) is 1. The molecule has 1 amide bonds. The standard InChI is InChI=1S/C23H27N3O4/c1-22(2,3)14-7-10-23(11-8-14)13-17(26-30-23)21(28)29-18-6-4-5-16-15(18)9-12-25-19(16)20(24)27/h4-6,9,12-14,26H,7-8,10-11H2,1-3H3,(H2,24,27). The number of carbonyl (C=O) groups is 2. The first kappa shape index (κ1) is 20.3. The quantitative estimate of drug-likeness (QED) is 0.593. The van der Waals surface area contributed by atoms with Gasteiger partial charge in [0, 0.05) is 17.0 Å². The Morgan fingerprint density at radius 1 is 1.20 bits per heavy atom. The Hall–Kier alpha value is -2.93. The van der Waals surface area contributed by atoms with Crippen molar-refractivity contribution in [2.75, 3.05) is 0 Å². The Bertz CT molecular complexity index is 1030. The van der Waals surface area contributed by atoms with Crippen LogP contribution in [-0.2, 0) is 9.63 Å². The number of carbonyl (C=O) groups excluding carboxylic acids is 2. The number of fused-ring (bicyclic) bond motifs is 1. The van der Waals surface area contributed by atoms with Gasteiger partial charge in [-0.05, 0) is 55.2 Å². The summed E-state index contributed by atoms with van der Waals surface area (Å²) in [6.07, 6.45) is 7.15. The summed E-state index contributed by atoms with van der Waals surface area (Å²) in [6, 6.07) is 6.78. The van der Waals surface area contributed by atoms with Gasteiger partial charge in [0.05, 0.1) is 0 Å². The molecule has 30 heavy (non-hydrogen) atoms. The number of esters is 1. The van der Waals surface area contributed by atoms with Crippen LogP contribution in [0.5, 0.6) is 5.75 Å². The van der Waals surface area contributed by atoms with Gasteiger partial charge in [-0.2, -0.15) is 0 Å². The topological polar surface area (TPSA) is 104 Å². The normalized spacial score (nSPS) is 23.8. The minimum Gasteiger partial charge on any atom is -0.421 e. The summed E-state index contributed by atoms with van der Waals surface area (Å²) in [7, 11) is 0. The lowest BCUT2D eigenvalue weighted by atomic mass is 9.68. The summed E-state index contributed by atoms with van der Waals surface area (Å²) in [5.41, 5.74) is 8.42. The van der Waals surface area contributed by atoms with Crippen LogP contribution in [0, 0.1) is 11.3 Å². The van der Waals surface area contributed by atoms with E-state index in [0.29, 0.717) is 28.1 Å². The van der Waals surface area contributed by atoms with Crippen LogP contribution >= 0.6 is 0 Å². The van der Waals surface area contributed by atoms with Crippen molar-refractivity contribution in [1.29, 1.82) is 0 Å². The van der Waals surface area contributed by atoms with Crippen LogP contribution in [0.4, 0.5) is 0 Å². The summed E-state index contributed by atoms with van der Waals surface area (Å²) >= 11 is 0. The van der Waals surface area contributed by atoms with Gasteiger partial charge in [-0.3, -0.25) is 20.1 Å². The third-order valence-corrected chi connectivity index (χ3v) is 6.25. The fourth-order valence-corrected chi connectivity index (χ4v) is 4.42. The third-order valence-electron chi connectivity index (χ3n) is 6.25. The van der Waals surface area contributed by atoms with E-state index in [1.165, 1.54) is 6.20 Å². The molecule has 158 valence electrons. The maximum Gasteiger partial charge on any atom is 0.361 e. The molecule has 0 bridgehead atoms. The number of nitrogens with zero attached hydrogens (tertiary/aromatic N) is 1. The number of aromatic nitrogens is 1. The molecule has 1 aliphatic heterocycles. The van der Waals surface area contributed by atoms with Crippen molar-refractivity contribution in [2.24, 2.45) is 17.1 Å². The van der Waals surface area contributed by atoms with E-state index in [1.807, 2.05) is 6.08 Å². The molecule has 7 heteroatoms. The lowest BCUT2D eigenvalue weighted by Crippen LogP contribution is -2.37. The summed E-state index contributed by atoms with van der Waals surface area (Å²) in [5, 5.41) is 1.13. The average molecular weight is 409 g/mol. The fraction of sp³-hybridized carbons (Fsp3) is 0.435.